The Morgan fingerprint density at radius 3 is 2.66 bits per heavy atom. The molecule has 1 aliphatic rings. The molecule has 1 heterocycles. The van der Waals surface area contributed by atoms with Crippen molar-refractivity contribution in [3.63, 3.8) is 0 Å². The molecular formula is C23H18ClFN4O3. The number of nitrogens with one attached hydrogen (secondary N) is 2. The fourth-order valence-corrected chi connectivity index (χ4v) is 3.67. The van der Waals surface area contributed by atoms with Gasteiger partial charge < -0.3 is 15.7 Å². The van der Waals surface area contributed by atoms with Crippen LogP contribution in [0.3, 0.4) is 0 Å². The number of carbonyl (C=O) groups is 1. The second kappa shape index (κ2) is 8.46. The topological polar surface area (TPSA) is 107 Å². The van der Waals surface area contributed by atoms with Gasteiger partial charge in [0.05, 0.1) is 23.4 Å². The van der Waals surface area contributed by atoms with E-state index < -0.39 is 29.3 Å². The number of anilines is 2. The molecule has 1 fully saturated rings. The summed E-state index contributed by atoms with van der Waals surface area (Å²) in [5.41, 5.74) is -0.881. The van der Waals surface area contributed by atoms with Crippen LogP contribution in [0.2, 0.25) is 5.02 Å². The molecule has 0 spiro atoms. The lowest BCUT2D eigenvalue weighted by molar-refractivity contribution is -0.118. The smallest absolute Gasteiger partial charge is 0.255 e. The first-order chi connectivity index (χ1) is 15.3. The molecule has 32 heavy (non-hydrogen) atoms. The largest absolute Gasteiger partial charge is 0.372 e. The van der Waals surface area contributed by atoms with Crippen LogP contribution in [0.1, 0.15) is 6.42 Å². The quantitative estimate of drug-likeness (QED) is 0.496. The highest BCUT2D eigenvalue weighted by Crippen LogP contribution is 2.55. The summed E-state index contributed by atoms with van der Waals surface area (Å²) in [6.07, 6.45) is 0.327. The van der Waals surface area contributed by atoms with Crippen molar-refractivity contribution >= 4 is 28.9 Å². The number of aliphatic hydroxyl groups excluding tert-OH is 1. The molecule has 9 heteroatoms. The van der Waals surface area contributed by atoms with E-state index in [4.69, 9.17) is 11.6 Å². The van der Waals surface area contributed by atoms with Crippen molar-refractivity contribution in [2.45, 2.75) is 12.6 Å². The fraction of sp³-hybridized carbons (Fsp3) is 0.174. The molecule has 1 amide bonds. The standard InChI is InChI=1S/C23H18ClFN4O3/c24-14-4-6-15(7-5-14)27-22(32)23(13-26)12-17(23)21(31)28-19-9-8-16(11-18(19)25)29-10-2-1-3-20(29)30/h1-11,17,22,27,32H,12H2,(H,28,31)/t17-,22?,23+/m0/s1. The van der Waals surface area contributed by atoms with Gasteiger partial charge in [0.1, 0.15) is 17.5 Å². The third-order valence-electron chi connectivity index (χ3n) is 5.47. The van der Waals surface area contributed by atoms with Gasteiger partial charge in [-0.2, -0.15) is 5.26 Å². The van der Waals surface area contributed by atoms with Gasteiger partial charge in [0, 0.05) is 29.0 Å². The van der Waals surface area contributed by atoms with Crippen molar-refractivity contribution in [1.29, 1.82) is 5.26 Å². The number of halogens is 2. The third-order valence-corrected chi connectivity index (χ3v) is 5.73. The maximum Gasteiger partial charge on any atom is 0.255 e. The van der Waals surface area contributed by atoms with Crippen LogP contribution in [0.4, 0.5) is 15.8 Å². The molecule has 1 unspecified atom stereocenters. The Bertz CT molecular complexity index is 1270. The minimum Gasteiger partial charge on any atom is -0.372 e. The lowest BCUT2D eigenvalue weighted by Crippen LogP contribution is -2.33. The van der Waals surface area contributed by atoms with E-state index in [2.05, 4.69) is 10.6 Å². The number of pyridine rings is 1. The highest BCUT2D eigenvalue weighted by molar-refractivity contribution is 6.30. The number of benzene rings is 2. The lowest BCUT2D eigenvalue weighted by atomic mass is 10.0. The zero-order valence-corrected chi connectivity index (χ0v) is 17.4. The summed E-state index contributed by atoms with van der Waals surface area (Å²) in [6, 6.07) is 17.1. The maximum atomic E-state index is 14.6. The summed E-state index contributed by atoms with van der Waals surface area (Å²) in [6.45, 7) is 0. The van der Waals surface area contributed by atoms with Crippen molar-refractivity contribution < 1.29 is 14.3 Å². The van der Waals surface area contributed by atoms with Gasteiger partial charge in [0.15, 0.2) is 0 Å². The summed E-state index contributed by atoms with van der Waals surface area (Å²) < 4.78 is 15.9. The van der Waals surface area contributed by atoms with E-state index in [1.165, 1.54) is 29.0 Å². The Hall–Kier alpha value is -3.67. The number of nitriles is 1. The minimum absolute atomic E-state index is 0.0818. The van der Waals surface area contributed by atoms with Gasteiger partial charge in [0.25, 0.3) is 5.56 Å². The van der Waals surface area contributed by atoms with Crippen molar-refractivity contribution in [2.24, 2.45) is 11.3 Å². The van der Waals surface area contributed by atoms with Crippen LogP contribution in [0.5, 0.6) is 0 Å². The van der Waals surface area contributed by atoms with E-state index in [0.717, 1.165) is 6.07 Å². The van der Waals surface area contributed by atoms with Crippen molar-refractivity contribution in [3.05, 3.63) is 88.1 Å². The Morgan fingerprint density at radius 2 is 2.00 bits per heavy atom. The maximum absolute atomic E-state index is 14.6. The summed E-state index contributed by atoms with van der Waals surface area (Å²) in [7, 11) is 0. The van der Waals surface area contributed by atoms with Crippen LogP contribution < -0.4 is 16.2 Å². The van der Waals surface area contributed by atoms with Crippen LogP contribution in [0, 0.1) is 28.5 Å². The zero-order chi connectivity index (χ0) is 22.9. The Labute approximate surface area is 187 Å². The lowest BCUT2D eigenvalue weighted by Gasteiger charge is -2.20. The predicted molar refractivity (Wildman–Crippen MR) is 118 cm³/mol. The van der Waals surface area contributed by atoms with E-state index in [-0.39, 0.29) is 17.7 Å². The molecule has 162 valence electrons. The Balaban J connectivity index is 1.46. The number of hydrogen-bond acceptors (Lipinski definition) is 5. The summed E-state index contributed by atoms with van der Waals surface area (Å²) in [5, 5.41) is 26.0. The van der Waals surface area contributed by atoms with E-state index in [1.54, 1.807) is 36.4 Å². The monoisotopic (exact) mass is 452 g/mol. The minimum atomic E-state index is -1.34. The summed E-state index contributed by atoms with van der Waals surface area (Å²) in [5.74, 6) is -2.13. The van der Waals surface area contributed by atoms with E-state index in [1.807, 2.05) is 6.07 Å². The first-order valence-corrected chi connectivity index (χ1v) is 10.1. The molecule has 1 saturated carbocycles. The number of nitrogens with zero attached hydrogens (tertiary/aromatic N) is 2. The van der Waals surface area contributed by atoms with Crippen LogP contribution in [0.15, 0.2) is 71.7 Å². The van der Waals surface area contributed by atoms with Crippen molar-refractivity contribution in [3.8, 4) is 11.8 Å². The third kappa shape index (κ3) is 4.08. The van der Waals surface area contributed by atoms with Gasteiger partial charge in [-0.15, -0.1) is 0 Å². The molecule has 1 aromatic heterocycles. The van der Waals surface area contributed by atoms with Crippen LogP contribution in [0.25, 0.3) is 5.69 Å². The summed E-state index contributed by atoms with van der Waals surface area (Å²) >= 11 is 5.84. The second-order valence-electron chi connectivity index (χ2n) is 7.52. The van der Waals surface area contributed by atoms with Gasteiger partial charge >= 0.3 is 0 Å². The van der Waals surface area contributed by atoms with E-state index in [9.17, 15) is 24.3 Å². The Morgan fingerprint density at radius 1 is 1.25 bits per heavy atom. The average Bonchev–Trinajstić information content (AvgIpc) is 3.54. The van der Waals surface area contributed by atoms with Gasteiger partial charge in [-0.1, -0.05) is 17.7 Å². The number of aliphatic hydroxyl groups is 1. The van der Waals surface area contributed by atoms with Gasteiger partial charge in [-0.25, -0.2) is 4.39 Å². The van der Waals surface area contributed by atoms with Crippen molar-refractivity contribution in [2.75, 3.05) is 10.6 Å². The fourth-order valence-electron chi connectivity index (χ4n) is 3.54. The number of rotatable bonds is 6. The highest BCUT2D eigenvalue weighted by atomic mass is 35.5. The molecule has 3 N–H and O–H groups in total. The van der Waals surface area contributed by atoms with Gasteiger partial charge in [0.2, 0.25) is 5.91 Å². The number of hydrogen-bond donors (Lipinski definition) is 3. The van der Waals surface area contributed by atoms with E-state index in [0.29, 0.717) is 16.4 Å². The van der Waals surface area contributed by atoms with Crippen LogP contribution >= 0.6 is 11.6 Å². The molecule has 0 aliphatic heterocycles. The molecule has 0 radical (unpaired) electrons. The summed E-state index contributed by atoms with van der Waals surface area (Å²) in [4.78, 5) is 24.6. The first-order valence-electron chi connectivity index (χ1n) is 9.74. The molecule has 0 saturated heterocycles. The van der Waals surface area contributed by atoms with Gasteiger partial charge in [-0.05, 0) is 48.9 Å². The average molecular weight is 453 g/mol. The Kier molecular flexibility index (Phi) is 5.70. The van der Waals surface area contributed by atoms with Crippen molar-refractivity contribution in [1.82, 2.24) is 4.57 Å². The number of amides is 1. The van der Waals surface area contributed by atoms with Gasteiger partial charge in [-0.3, -0.25) is 14.2 Å². The number of aromatic nitrogens is 1. The zero-order valence-electron chi connectivity index (χ0n) is 16.6. The SMILES string of the molecule is N#C[C@]1(C(O)Nc2ccc(Cl)cc2)C[C@H]1C(=O)Nc1ccc(-n2ccccc2=O)cc1F. The number of carbonyl (C=O) groups excluding carboxylic acids is 1. The molecule has 0 bridgehead atoms. The molecule has 1 aliphatic carbocycles. The normalized spacial score (nSPS) is 20.1. The molecule has 4 rings (SSSR count). The first kappa shape index (κ1) is 21.6. The van der Waals surface area contributed by atoms with E-state index >= 15 is 0 Å². The highest BCUT2D eigenvalue weighted by Gasteiger charge is 2.64. The van der Waals surface area contributed by atoms with Crippen LogP contribution in [-0.2, 0) is 4.79 Å². The molecule has 3 atom stereocenters. The molecule has 3 aromatic rings. The molecular weight excluding hydrogens is 435 g/mol. The van der Waals surface area contributed by atoms with Crippen LogP contribution in [-0.4, -0.2) is 21.8 Å². The second-order valence-corrected chi connectivity index (χ2v) is 7.96. The molecule has 7 nitrogen and oxygen atoms in total. The predicted octanol–water partition coefficient (Wildman–Crippen LogP) is 3.53. The molecule has 2 aromatic carbocycles.